The Kier molecular flexibility index (Phi) is 4.65. The third kappa shape index (κ3) is 3.16. The van der Waals surface area contributed by atoms with Crippen molar-refractivity contribution in [3.8, 4) is 22.5 Å². The Balaban J connectivity index is 2.08. The molecule has 1 heterocycles. The molecule has 140 valence electrons. The van der Waals surface area contributed by atoms with E-state index in [0.29, 0.717) is 10.5 Å². The predicted molar refractivity (Wildman–Crippen MR) is 106 cm³/mol. The van der Waals surface area contributed by atoms with Crippen LogP contribution in [0.1, 0.15) is 0 Å². The number of hydrogen-bond acceptors (Lipinski definition) is 3. The van der Waals surface area contributed by atoms with Gasteiger partial charge in [-0.15, -0.1) is 0 Å². The molecule has 1 unspecified atom stereocenters. The average Bonchev–Trinajstić information content (AvgIpc) is 2.68. The summed E-state index contributed by atoms with van der Waals surface area (Å²) in [5.41, 5.74) is 0.270. The second-order valence-electron chi connectivity index (χ2n) is 6.23. The van der Waals surface area contributed by atoms with Crippen LogP contribution in [0.4, 0.5) is 8.78 Å². The summed E-state index contributed by atoms with van der Waals surface area (Å²) < 4.78 is 45.7. The molecule has 1 aromatic heterocycles. The van der Waals surface area contributed by atoms with E-state index in [4.69, 9.17) is 4.42 Å². The van der Waals surface area contributed by atoms with Crippen LogP contribution in [0.25, 0.3) is 33.4 Å². The number of benzene rings is 3. The van der Waals surface area contributed by atoms with Crippen LogP contribution in [0.2, 0.25) is 0 Å². The fourth-order valence-electron chi connectivity index (χ4n) is 3.08. The summed E-state index contributed by atoms with van der Waals surface area (Å²) in [7, 11) is -1.17. The van der Waals surface area contributed by atoms with E-state index >= 15 is 0 Å². The van der Waals surface area contributed by atoms with Gasteiger partial charge in [-0.25, -0.2) is 8.78 Å². The molecular weight excluding hydrogens is 382 g/mol. The molecule has 28 heavy (non-hydrogen) atoms. The van der Waals surface area contributed by atoms with Gasteiger partial charge in [-0.1, -0.05) is 30.3 Å². The highest BCUT2D eigenvalue weighted by Gasteiger charge is 2.20. The van der Waals surface area contributed by atoms with Gasteiger partial charge >= 0.3 is 0 Å². The van der Waals surface area contributed by atoms with Crippen molar-refractivity contribution in [3.05, 3.63) is 88.6 Å². The summed E-state index contributed by atoms with van der Waals surface area (Å²) in [6.07, 6.45) is 1.55. The van der Waals surface area contributed by atoms with Gasteiger partial charge in [0.1, 0.15) is 23.0 Å². The Hall–Kier alpha value is -3.12. The summed E-state index contributed by atoms with van der Waals surface area (Å²) in [5.74, 6) is -0.984. The molecular formula is C22H14F2O3S. The van der Waals surface area contributed by atoms with E-state index in [-0.39, 0.29) is 27.9 Å². The molecule has 4 rings (SSSR count). The first-order valence-corrected chi connectivity index (χ1v) is 9.96. The molecule has 0 fully saturated rings. The minimum absolute atomic E-state index is 0.0579. The van der Waals surface area contributed by atoms with Crippen molar-refractivity contribution in [2.45, 2.75) is 4.90 Å². The maximum absolute atomic E-state index is 14.5. The summed E-state index contributed by atoms with van der Waals surface area (Å²) in [4.78, 5) is 13.8. The van der Waals surface area contributed by atoms with Gasteiger partial charge in [0.25, 0.3) is 0 Å². The Bertz CT molecular complexity index is 1280. The quantitative estimate of drug-likeness (QED) is 0.482. The van der Waals surface area contributed by atoms with Crippen molar-refractivity contribution in [1.82, 2.24) is 0 Å². The van der Waals surface area contributed by atoms with Gasteiger partial charge in [0.05, 0.1) is 10.9 Å². The number of rotatable bonds is 3. The van der Waals surface area contributed by atoms with Crippen LogP contribution in [0.3, 0.4) is 0 Å². The zero-order valence-electron chi connectivity index (χ0n) is 14.7. The molecule has 1 atom stereocenters. The van der Waals surface area contributed by atoms with Gasteiger partial charge in [0.15, 0.2) is 0 Å². The van der Waals surface area contributed by atoms with E-state index in [1.165, 1.54) is 24.3 Å². The predicted octanol–water partition coefficient (Wildman–Crippen LogP) is 5.14. The van der Waals surface area contributed by atoms with Crippen molar-refractivity contribution in [2.24, 2.45) is 0 Å². The van der Waals surface area contributed by atoms with E-state index in [1.54, 1.807) is 36.6 Å². The summed E-state index contributed by atoms with van der Waals surface area (Å²) in [6.45, 7) is 0. The zero-order chi connectivity index (χ0) is 19.8. The highest BCUT2D eigenvalue weighted by molar-refractivity contribution is 7.84. The fourth-order valence-corrected chi connectivity index (χ4v) is 3.60. The third-order valence-corrected chi connectivity index (χ3v) is 5.38. The molecule has 0 saturated heterocycles. The molecule has 0 amide bonds. The van der Waals surface area contributed by atoms with Crippen LogP contribution in [0.15, 0.2) is 80.8 Å². The largest absolute Gasteiger partial charge is 0.455 e. The molecule has 3 nitrogen and oxygen atoms in total. The molecule has 6 heteroatoms. The molecule has 4 aromatic rings. The lowest BCUT2D eigenvalue weighted by Gasteiger charge is -2.11. The van der Waals surface area contributed by atoms with Crippen LogP contribution >= 0.6 is 0 Å². The minimum atomic E-state index is -1.17. The van der Waals surface area contributed by atoms with E-state index < -0.39 is 27.9 Å². The van der Waals surface area contributed by atoms with Gasteiger partial charge in [0, 0.05) is 39.1 Å². The lowest BCUT2D eigenvalue weighted by Crippen LogP contribution is -2.08. The first-order chi connectivity index (χ1) is 13.5. The highest BCUT2D eigenvalue weighted by atomic mass is 32.2. The standard InChI is InChI=1S/C22H14F2O3S/c1-28(26)15-9-6-13(7-10-15)22-20(16-4-2-3-5-18(16)24)21(25)17-11-8-14(23)12-19(17)27-22/h2-12H,1H3. The summed E-state index contributed by atoms with van der Waals surface area (Å²) in [5, 5.41) is 0.162. The molecule has 0 N–H and O–H groups in total. The normalized spacial score (nSPS) is 12.2. The van der Waals surface area contributed by atoms with Gasteiger partial charge in [-0.3, -0.25) is 9.00 Å². The van der Waals surface area contributed by atoms with Gasteiger partial charge in [0.2, 0.25) is 5.43 Å². The Morgan fingerprint density at radius 3 is 2.32 bits per heavy atom. The highest BCUT2D eigenvalue weighted by Crippen LogP contribution is 2.34. The second kappa shape index (κ2) is 7.13. The molecule has 0 bridgehead atoms. The number of halogens is 2. The molecule has 0 saturated carbocycles. The molecule has 3 aromatic carbocycles. The lowest BCUT2D eigenvalue weighted by molar-refractivity contribution is 0.598. The molecule has 0 aliphatic rings. The van der Waals surface area contributed by atoms with Crippen LogP contribution in [-0.4, -0.2) is 10.5 Å². The second-order valence-corrected chi connectivity index (χ2v) is 7.61. The Morgan fingerprint density at radius 1 is 0.929 bits per heavy atom. The van der Waals surface area contributed by atoms with Crippen LogP contribution < -0.4 is 5.43 Å². The number of hydrogen-bond donors (Lipinski definition) is 0. The van der Waals surface area contributed by atoms with E-state index in [2.05, 4.69) is 0 Å². The van der Waals surface area contributed by atoms with Crippen molar-refractivity contribution in [1.29, 1.82) is 0 Å². The van der Waals surface area contributed by atoms with Crippen LogP contribution in [0.5, 0.6) is 0 Å². The fraction of sp³-hybridized carbons (Fsp3) is 0.0455. The molecule has 0 radical (unpaired) electrons. The first-order valence-electron chi connectivity index (χ1n) is 8.41. The zero-order valence-corrected chi connectivity index (χ0v) is 15.6. The lowest BCUT2D eigenvalue weighted by atomic mass is 9.98. The topological polar surface area (TPSA) is 47.3 Å². The van der Waals surface area contributed by atoms with Gasteiger partial charge < -0.3 is 4.42 Å². The SMILES string of the molecule is CS(=O)c1ccc(-c2oc3cc(F)ccc3c(=O)c2-c2ccccc2F)cc1. The van der Waals surface area contributed by atoms with E-state index in [9.17, 15) is 17.8 Å². The minimum Gasteiger partial charge on any atom is -0.455 e. The maximum Gasteiger partial charge on any atom is 0.201 e. The van der Waals surface area contributed by atoms with Crippen molar-refractivity contribution in [2.75, 3.05) is 6.26 Å². The van der Waals surface area contributed by atoms with E-state index in [1.807, 2.05) is 0 Å². The van der Waals surface area contributed by atoms with Gasteiger partial charge in [-0.2, -0.15) is 0 Å². The van der Waals surface area contributed by atoms with Crippen molar-refractivity contribution >= 4 is 21.8 Å². The number of fused-ring (bicyclic) bond motifs is 1. The van der Waals surface area contributed by atoms with Crippen molar-refractivity contribution in [3.63, 3.8) is 0 Å². The van der Waals surface area contributed by atoms with Crippen LogP contribution in [-0.2, 0) is 10.8 Å². The van der Waals surface area contributed by atoms with Gasteiger partial charge in [-0.05, 0) is 30.3 Å². The smallest absolute Gasteiger partial charge is 0.201 e. The maximum atomic E-state index is 14.5. The Morgan fingerprint density at radius 2 is 1.64 bits per heavy atom. The molecule has 0 aliphatic heterocycles. The monoisotopic (exact) mass is 396 g/mol. The summed E-state index contributed by atoms with van der Waals surface area (Å²) in [6, 6.07) is 16.1. The average molecular weight is 396 g/mol. The Labute approximate surface area is 161 Å². The van der Waals surface area contributed by atoms with Crippen molar-refractivity contribution < 1.29 is 17.4 Å². The first kappa shape index (κ1) is 18.3. The van der Waals surface area contributed by atoms with Crippen LogP contribution in [0, 0.1) is 11.6 Å². The molecule has 0 spiro atoms. The third-order valence-electron chi connectivity index (χ3n) is 4.45. The molecule has 0 aliphatic carbocycles. The summed E-state index contributed by atoms with van der Waals surface area (Å²) >= 11 is 0. The van der Waals surface area contributed by atoms with E-state index in [0.717, 1.165) is 12.1 Å².